The first-order valence-electron chi connectivity index (χ1n) is 7.07. The van der Waals surface area contributed by atoms with Crippen molar-refractivity contribution in [3.63, 3.8) is 0 Å². The zero-order chi connectivity index (χ0) is 16.1. The Morgan fingerprint density at radius 2 is 2.00 bits per heavy atom. The van der Waals surface area contributed by atoms with E-state index in [2.05, 4.69) is 10.3 Å². The van der Waals surface area contributed by atoms with Crippen LogP contribution in [0.2, 0.25) is 5.02 Å². The van der Waals surface area contributed by atoms with Crippen molar-refractivity contribution in [2.24, 2.45) is 4.99 Å². The third-order valence-corrected chi connectivity index (χ3v) is 3.63. The van der Waals surface area contributed by atoms with E-state index in [9.17, 15) is 4.39 Å². The highest BCUT2D eigenvalue weighted by atomic mass is 35.5. The van der Waals surface area contributed by atoms with Crippen molar-refractivity contribution < 1.29 is 4.39 Å². The first-order chi connectivity index (χ1) is 10.5. The van der Waals surface area contributed by atoms with E-state index in [0.717, 1.165) is 12.1 Å². The molecule has 0 spiro atoms. The van der Waals surface area contributed by atoms with Crippen LogP contribution in [-0.2, 0) is 0 Å². The number of para-hydroxylation sites is 1. The summed E-state index contributed by atoms with van der Waals surface area (Å²) in [5.41, 5.74) is 2.67. The van der Waals surface area contributed by atoms with E-state index in [4.69, 9.17) is 11.6 Å². The number of hydrogen-bond acceptors (Lipinski definition) is 2. The third-order valence-electron chi connectivity index (χ3n) is 3.23. The van der Waals surface area contributed by atoms with Crippen molar-refractivity contribution in [3.05, 3.63) is 52.8 Å². The minimum atomic E-state index is -0.323. The maximum atomic E-state index is 13.8. The molecule has 3 nitrogen and oxygen atoms in total. The Hall–Kier alpha value is -2.07. The van der Waals surface area contributed by atoms with Gasteiger partial charge in [-0.05, 0) is 43.7 Å². The minimum Gasteiger partial charge on any atom is -0.366 e. The average molecular weight is 320 g/mol. The molecule has 0 radical (unpaired) electrons. The summed E-state index contributed by atoms with van der Waals surface area (Å²) >= 11 is 6.39. The van der Waals surface area contributed by atoms with E-state index < -0.39 is 0 Å². The first kappa shape index (κ1) is 16.3. The molecule has 0 aliphatic heterocycles. The molecule has 2 aromatic carbocycles. The molecule has 0 heterocycles. The number of aryl methyl sites for hydroxylation is 1. The van der Waals surface area contributed by atoms with E-state index in [-0.39, 0.29) is 5.82 Å². The summed E-state index contributed by atoms with van der Waals surface area (Å²) < 4.78 is 13.8. The summed E-state index contributed by atoms with van der Waals surface area (Å²) in [4.78, 5) is 6.34. The second-order valence-electron chi connectivity index (χ2n) is 5.07. The zero-order valence-corrected chi connectivity index (χ0v) is 13.7. The van der Waals surface area contributed by atoms with Crippen molar-refractivity contribution >= 4 is 35.0 Å². The molecule has 0 unspecified atom stereocenters. The van der Waals surface area contributed by atoms with Crippen LogP contribution < -0.4 is 5.32 Å². The predicted molar refractivity (Wildman–Crippen MR) is 92.3 cm³/mol. The van der Waals surface area contributed by atoms with Gasteiger partial charge in [-0.15, -0.1) is 0 Å². The van der Waals surface area contributed by atoms with Crippen molar-refractivity contribution in [1.29, 1.82) is 0 Å². The van der Waals surface area contributed by atoms with Crippen molar-refractivity contribution in [1.82, 2.24) is 4.90 Å². The lowest BCUT2D eigenvalue weighted by Gasteiger charge is -2.13. The monoisotopic (exact) mass is 319 g/mol. The van der Waals surface area contributed by atoms with Gasteiger partial charge < -0.3 is 10.2 Å². The minimum absolute atomic E-state index is 0.323. The summed E-state index contributed by atoms with van der Waals surface area (Å²) in [6.45, 7) is 4.84. The molecule has 0 aliphatic carbocycles. The van der Waals surface area contributed by atoms with Gasteiger partial charge >= 0.3 is 0 Å². The molecular formula is C17H19ClFN3. The van der Waals surface area contributed by atoms with Gasteiger partial charge in [-0.2, -0.15) is 0 Å². The molecule has 0 saturated carbocycles. The highest BCUT2D eigenvalue weighted by Crippen LogP contribution is 2.35. The quantitative estimate of drug-likeness (QED) is 0.610. The summed E-state index contributed by atoms with van der Waals surface area (Å²) in [5.74, 6) is -0.323. The van der Waals surface area contributed by atoms with Gasteiger partial charge in [0.25, 0.3) is 0 Å². The summed E-state index contributed by atoms with van der Waals surface area (Å²) in [6, 6.07) is 10.3. The normalized spacial score (nSPS) is 11.0. The predicted octanol–water partition coefficient (Wildman–Crippen LogP) is 5.14. The van der Waals surface area contributed by atoms with Gasteiger partial charge in [0.05, 0.1) is 28.4 Å². The molecule has 2 rings (SSSR count). The van der Waals surface area contributed by atoms with Crippen molar-refractivity contribution in [2.75, 3.05) is 18.9 Å². The van der Waals surface area contributed by atoms with Crippen molar-refractivity contribution in [3.8, 4) is 0 Å². The molecule has 22 heavy (non-hydrogen) atoms. The molecule has 0 bridgehead atoms. The summed E-state index contributed by atoms with van der Waals surface area (Å²) in [5, 5.41) is 3.50. The molecule has 116 valence electrons. The fourth-order valence-corrected chi connectivity index (χ4v) is 2.09. The molecule has 0 aromatic heterocycles. The summed E-state index contributed by atoms with van der Waals surface area (Å²) in [6.07, 6.45) is 1.73. The van der Waals surface area contributed by atoms with E-state index >= 15 is 0 Å². The van der Waals surface area contributed by atoms with Crippen LogP contribution in [0.15, 0.2) is 41.4 Å². The fraction of sp³-hybridized carbons (Fsp3) is 0.235. The number of nitrogens with zero attached hydrogens (tertiary/aromatic N) is 2. The summed E-state index contributed by atoms with van der Waals surface area (Å²) in [7, 11) is 1.94. The highest BCUT2D eigenvalue weighted by Gasteiger charge is 2.09. The van der Waals surface area contributed by atoms with E-state index in [1.807, 2.05) is 37.9 Å². The van der Waals surface area contributed by atoms with Gasteiger partial charge in [0, 0.05) is 13.6 Å². The second kappa shape index (κ2) is 7.27. The number of halogens is 2. The number of benzene rings is 2. The topological polar surface area (TPSA) is 27.6 Å². The largest absolute Gasteiger partial charge is 0.366 e. The van der Waals surface area contributed by atoms with Gasteiger partial charge in [0.1, 0.15) is 5.82 Å². The molecule has 1 N–H and O–H groups in total. The van der Waals surface area contributed by atoms with Gasteiger partial charge in [0.15, 0.2) is 0 Å². The van der Waals surface area contributed by atoms with Crippen molar-refractivity contribution in [2.45, 2.75) is 13.8 Å². The Labute approximate surface area is 135 Å². The molecule has 0 aliphatic rings. The van der Waals surface area contributed by atoms with Crippen LogP contribution in [-0.4, -0.2) is 24.8 Å². The van der Waals surface area contributed by atoms with E-state index in [1.165, 1.54) is 6.07 Å². The molecule has 0 amide bonds. The standard InChI is InChI=1S/C17H19ClFN3/c1-4-22(3)11-20-15-9-12(2)10-16(17(15)18)21-14-8-6-5-7-13(14)19/h5-11,21H,4H2,1-3H3. The number of aliphatic imine (C=N–C) groups is 1. The van der Waals surface area contributed by atoms with E-state index in [0.29, 0.717) is 22.1 Å². The fourth-order valence-electron chi connectivity index (χ4n) is 1.88. The molecular weight excluding hydrogens is 301 g/mol. The van der Waals surface area contributed by atoms with Crippen LogP contribution in [0.1, 0.15) is 12.5 Å². The number of anilines is 2. The van der Waals surface area contributed by atoms with Crippen LogP contribution >= 0.6 is 11.6 Å². The van der Waals surface area contributed by atoms with Gasteiger partial charge in [-0.25, -0.2) is 9.38 Å². The maximum Gasteiger partial charge on any atom is 0.146 e. The lowest BCUT2D eigenvalue weighted by Crippen LogP contribution is -2.14. The molecule has 0 saturated heterocycles. The second-order valence-corrected chi connectivity index (χ2v) is 5.45. The highest BCUT2D eigenvalue weighted by molar-refractivity contribution is 6.36. The Bertz CT molecular complexity index is 686. The molecule has 0 fully saturated rings. The Morgan fingerprint density at radius 3 is 2.68 bits per heavy atom. The Morgan fingerprint density at radius 1 is 1.27 bits per heavy atom. The van der Waals surface area contributed by atoms with Gasteiger partial charge in [-0.3, -0.25) is 0 Å². The van der Waals surface area contributed by atoms with E-state index in [1.54, 1.807) is 24.5 Å². The smallest absolute Gasteiger partial charge is 0.146 e. The van der Waals surface area contributed by atoms with Crippen LogP contribution in [0.5, 0.6) is 0 Å². The Kier molecular flexibility index (Phi) is 5.39. The molecule has 0 atom stereocenters. The molecule has 5 heteroatoms. The lowest BCUT2D eigenvalue weighted by atomic mass is 10.2. The maximum absolute atomic E-state index is 13.8. The first-order valence-corrected chi connectivity index (χ1v) is 7.45. The van der Waals surface area contributed by atoms with Crippen LogP contribution in [0.25, 0.3) is 0 Å². The van der Waals surface area contributed by atoms with Gasteiger partial charge in [-0.1, -0.05) is 23.7 Å². The van der Waals surface area contributed by atoms with Crippen LogP contribution in [0, 0.1) is 12.7 Å². The number of rotatable bonds is 5. The van der Waals surface area contributed by atoms with Crippen LogP contribution in [0.3, 0.4) is 0 Å². The van der Waals surface area contributed by atoms with Crippen LogP contribution in [0.4, 0.5) is 21.5 Å². The Balaban J connectivity index is 2.35. The van der Waals surface area contributed by atoms with Gasteiger partial charge in [0.2, 0.25) is 0 Å². The number of nitrogens with one attached hydrogen (secondary N) is 1. The third kappa shape index (κ3) is 3.98. The number of hydrogen-bond donors (Lipinski definition) is 1. The average Bonchev–Trinajstić information content (AvgIpc) is 2.50. The SMILES string of the molecule is CCN(C)C=Nc1cc(C)cc(Nc2ccccc2F)c1Cl. The zero-order valence-electron chi connectivity index (χ0n) is 12.9. The lowest BCUT2D eigenvalue weighted by molar-refractivity contribution is 0.552. The molecule has 2 aromatic rings.